The van der Waals surface area contributed by atoms with Gasteiger partial charge >= 0.3 is 0 Å². The number of carbonyl (C=O) groups excluding carboxylic acids is 2. The number of ketones is 1. The maximum atomic E-state index is 13.2. The maximum Gasteiger partial charge on any atom is 0.300 e. The van der Waals surface area contributed by atoms with Gasteiger partial charge in [-0.2, -0.15) is 0 Å². The summed E-state index contributed by atoms with van der Waals surface area (Å²) in [6.07, 6.45) is 1.44. The lowest BCUT2D eigenvalue weighted by Gasteiger charge is -2.24. The first-order valence-electron chi connectivity index (χ1n) is 10.3. The summed E-state index contributed by atoms with van der Waals surface area (Å²) in [4.78, 5) is 27.7. The minimum Gasteiger partial charge on any atom is -0.507 e. The van der Waals surface area contributed by atoms with Gasteiger partial charge in [0.05, 0.1) is 38.2 Å². The van der Waals surface area contributed by atoms with Gasteiger partial charge in [-0.05, 0) is 43.3 Å². The Balaban J connectivity index is 1.91. The van der Waals surface area contributed by atoms with Crippen molar-refractivity contribution in [1.82, 2.24) is 0 Å². The van der Waals surface area contributed by atoms with E-state index in [4.69, 9.17) is 18.6 Å². The van der Waals surface area contributed by atoms with Crippen LogP contribution in [0.4, 0.5) is 5.69 Å². The lowest BCUT2D eigenvalue weighted by Crippen LogP contribution is -2.29. The first-order valence-corrected chi connectivity index (χ1v) is 10.3. The Morgan fingerprint density at radius 3 is 2.52 bits per heavy atom. The van der Waals surface area contributed by atoms with E-state index >= 15 is 0 Å². The molecule has 0 saturated carbocycles. The summed E-state index contributed by atoms with van der Waals surface area (Å²) in [5, 5.41) is 11.2. The Morgan fingerprint density at radius 1 is 1.03 bits per heavy atom. The zero-order valence-corrected chi connectivity index (χ0v) is 18.4. The fourth-order valence-corrected chi connectivity index (χ4v) is 3.84. The molecule has 1 amide bonds. The summed E-state index contributed by atoms with van der Waals surface area (Å²) in [5.74, 6) is -0.337. The molecule has 1 saturated heterocycles. The number of benzene rings is 2. The van der Waals surface area contributed by atoms with Crippen LogP contribution in [0.1, 0.15) is 24.3 Å². The molecule has 0 bridgehead atoms. The first-order chi connectivity index (χ1) is 16.0. The van der Waals surface area contributed by atoms with E-state index < -0.39 is 17.7 Å². The molecule has 1 unspecified atom stereocenters. The van der Waals surface area contributed by atoms with Gasteiger partial charge in [-0.25, -0.2) is 0 Å². The molecule has 4 rings (SSSR count). The normalized spacial score (nSPS) is 17.3. The van der Waals surface area contributed by atoms with Gasteiger partial charge < -0.3 is 23.7 Å². The summed E-state index contributed by atoms with van der Waals surface area (Å²) in [5.41, 5.74) is 0.571. The number of aliphatic hydroxyl groups is 1. The minimum atomic E-state index is -0.983. The Morgan fingerprint density at radius 2 is 1.85 bits per heavy atom. The van der Waals surface area contributed by atoms with Crippen LogP contribution in [0.25, 0.3) is 5.76 Å². The van der Waals surface area contributed by atoms with E-state index in [0.29, 0.717) is 29.6 Å². The second kappa shape index (κ2) is 9.12. The first kappa shape index (κ1) is 22.0. The van der Waals surface area contributed by atoms with Crippen molar-refractivity contribution in [2.45, 2.75) is 13.0 Å². The smallest absolute Gasteiger partial charge is 0.300 e. The zero-order valence-electron chi connectivity index (χ0n) is 18.4. The van der Waals surface area contributed by atoms with Gasteiger partial charge in [0, 0.05) is 17.8 Å². The van der Waals surface area contributed by atoms with Crippen LogP contribution in [0.5, 0.6) is 17.2 Å². The van der Waals surface area contributed by atoms with Crippen LogP contribution in [0.3, 0.4) is 0 Å². The van der Waals surface area contributed by atoms with Gasteiger partial charge in [-0.1, -0.05) is 6.07 Å². The molecule has 0 spiro atoms. The number of carbonyl (C=O) groups is 2. The zero-order chi connectivity index (χ0) is 23.5. The molecular formula is C25H23NO7. The number of nitrogens with zero attached hydrogens (tertiary/aromatic N) is 1. The van der Waals surface area contributed by atoms with Crippen LogP contribution in [-0.2, 0) is 9.59 Å². The summed E-state index contributed by atoms with van der Waals surface area (Å²) in [6, 6.07) is 13.9. The predicted octanol–water partition coefficient (Wildman–Crippen LogP) is 4.32. The highest BCUT2D eigenvalue weighted by molar-refractivity contribution is 6.51. The van der Waals surface area contributed by atoms with Crippen molar-refractivity contribution in [3.8, 4) is 17.2 Å². The number of amides is 1. The van der Waals surface area contributed by atoms with Crippen molar-refractivity contribution >= 4 is 23.1 Å². The molecule has 3 aromatic rings. The van der Waals surface area contributed by atoms with Crippen molar-refractivity contribution in [1.29, 1.82) is 0 Å². The summed E-state index contributed by atoms with van der Waals surface area (Å²) in [6.45, 7) is 2.30. The van der Waals surface area contributed by atoms with Crippen LogP contribution in [-0.4, -0.2) is 37.6 Å². The molecule has 170 valence electrons. The van der Waals surface area contributed by atoms with Crippen molar-refractivity contribution in [2.75, 3.05) is 25.7 Å². The Hall–Kier alpha value is -4.20. The van der Waals surface area contributed by atoms with Crippen LogP contribution in [0.2, 0.25) is 0 Å². The summed E-state index contributed by atoms with van der Waals surface area (Å²) >= 11 is 0. The lowest BCUT2D eigenvalue weighted by atomic mass is 9.98. The largest absolute Gasteiger partial charge is 0.507 e. The number of hydrogen-bond acceptors (Lipinski definition) is 7. The fraction of sp³-hybridized carbons (Fsp3) is 0.200. The molecule has 0 radical (unpaired) electrons. The number of Topliss-reactive ketones (excluding diaryl/α,β-unsaturated/α-hetero) is 1. The monoisotopic (exact) mass is 449 g/mol. The number of furan rings is 1. The minimum absolute atomic E-state index is 0.111. The second-order valence-corrected chi connectivity index (χ2v) is 7.18. The van der Waals surface area contributed by atoms with Crippen LogP contribution in [0.15, 0.2) is 70.9 Å². The molecule has 33 heavy (non-hydrogen) atoms. The number of hydrogen-bond donors (Lipinski definition) is 1. The maximum absolute atomic E-state index is 13.2. The van der Waals surface area contributed by atoms with Crippen molar-refractivity contribution < 1.29 is 33.3 Å². The van der Waals surface area contributed by atoms with E-state index in [1.807, 2.05) is 6.92 Å². The third-order valence-corrected chi connectivity index (χ3v) is 5.33. The average molecular weight is 449 g/mol. The molecule has 0 aliphatic carbocycles. The lowest BCUT2D eigenvalue weighted by molar-refractivity contribution is -0.132. The number of ether oxygens (including phenoxy) is 3. The third kappa shape index (κ3) is 3.91. The third-order valence-electron chi connectivity index (χ3n) is 5.33. The van der Waals surface area contributed by atoms with Crippen molar-refractivity contribution in [3.05, 3.63) is 77.8 Å². The van der Waals surface area contributed by atoms with Gasteiger partial charge in [0.2, 0.25) is 0 Å². The quantitative estimate of drug-likeness (QED) is 0.326. The highest BCUT2D eigenvalue weighted by Gasteiger charge is 2.48. The standard InChI is InChI=1S/C25H23NO7/c1-4-32-17-8-5-7-15(13-17)26-22(19-9-6-12-33-19)21(24(28)25(26)29)23(27)18-11-10-16(30-2)14-20(18)31-3/h5-14,22,27H,4H2,1-3H3/b23-21-. The average Bonchev–Trinajstić information content (AvgIpc) is 3.45. The fourth-order valence-electron chi connectivity index (χ4n) is 3.84. The molecule has 2 heterocycles. The second-order valence-electron chi connectivity index (χ2n) is 7.18. The van der Waals surface area contributed by atoms with Crippen LogP contribution in [0, 0.1) is 0 Å². The predicted molar refractivity (Wildman–Crippen MR) is 121 cm³/mol. The molecule has 2 aromatic carbocycles. The SMILES string of the molecule is CCOc1cccc(N2C(=O)C(=O)/C(=C(\O)c3ccc(OC)cc3OC)C2c2ccco2)c1. The van der Waals surface area contributed by atoms with Gasteiger partial charge in [0.1, 0.15) is 34.8 Å². The molecule has 8 heteroatoms. The van der Waals surface area contributed by atoms with Crippen LogP contribution < -0.4 is 19.1 Å². The number of aliphatic hydroxyl groups excluding tert-OH is 1. The molecule has 1 fully saturated rings. The highest BCUT2D eigenvalue weighted by atomic mass is 16.5. The van der Waals surface area contributed by atoms with Gasteiger partial charge in [-0.15, -0.1) is 0 Å². The van der Waals surface area contributed by atoms with E-state index in [2.05, 4.69) is 0 Å². The molecule has 8 nitrogen and oxygen atoms in total. The summed E-state index contributed by atoms with van der Waals surface area (Å²) in [7, 11) is 2.94. The number of anilines is 1. The van der Waals surface area contributed by atoms with E-state index in [1.165, 1.54) is 25.4 Å². The molecular weight excluding hydrogens is 426 g/mol. The number of rotatable bonds is 7. The molecule has 1 atom stereocenters. The molecule has 1 aromatic heterocycles. The topological polar surface area (TPSA) is 98.4 Å². The van der Waals surface area contributed by atoms with E-state index in [9.17, 15) is 14.7 Å². The highest BCUT2D eigenvalue weighted by Crippen LogP contribution is 2.44. The Labute approximate surface area is 190 Å². The van der Waals surface area contributed by atoms with E-state index in [0.717, 1.165) is 0 Å². The van der Waals surface area contributed by atoms with Crippen molar-refractivity contribution in [3.63, 3.8) is 0 Å². The van der Waals surface area contributed by atoms with E-state index in [-0.39, 0.29) is 22.6 Å². The van der Waals surface area contributed by atoms with Crippen LogP contribution >= 0.6 is 0 Å². The van der Waals surface area contributed by atoms with Gasteiger partial charge in [-0.3, -0.25) is 14.5 Å². The molecule has 1 aliphatic heterocycles. The Bertz CT molecular complexity index is 1210. The van der Waals surface area contributed by atoms with Crippen molar-refractivity contribution in [2.24, 2.45) is 0 Å². The van der Waals surface area contributed by atoms with E-state index in [1.54, 1.807) is 54.6 Å². The molecule has 1 aliphatic rings. The number of methoxy groups -OCH3 is 2. The summed E-state index contributed by atoms with van der Waals surface area (Å²) < 4.78 is 21.7. The van der Waals surface area contributed by atoms with Gasteiger partial charge in [0.15, 0.2) is 0 Å². The van der Waals surface area contributed by atoms with Gasteiger partial charge in [0.25, 0.3) is 11.7 Å². The molecule has 1 N–H and O–H groups in total. The Kier molecular flexibility index (Phi) is 6.08.